The van der Waals surface area contributed by atoms with E-state index in [0.29, 0.717) is 24.1 Å². The van der Waals surface area contributed by atoms with Gasteiger partial charge in [-0.15, -0.1) is 0 Å². The molecule has 28 heavy (non-hydrogen) atoms. The van der Waals surface area contributed by atoms with Crippen LogP contribution >= 0.6 is 11.8 Å². The van der Waals surface area contributed by atoms with E-state index < -0.39 is 23.2 Å². The summed E-state index contributed by atoms with van der Waals surface area (Å²) >= 11 is 1.65. The van der Waals surface area contributed by atoms with Crippen LogP contribution in [-0.2, 0) is 19.9 Å². The van der Waals surface area contributed by atoms with Crippen LogP contribution < -0.4 is 10.6 Å². The Bertz CT molecular complexity index is 863. The van der Waals surface area contributed by atoms with E-state index in [4.69, 9.17) is 0 Å². The second-order valence-electron chi connectivity index (χ2n) is 7.79. The Kier molecular flexibility index (Phi) is 4.74. The quantitative estimate of drug-likeness (QED) is 0.734. The molecular weight excluding hydrogens is 381 g/mol. The zero-order valence-corrected chi connectivity index (χ0v) is 16.9. The van der Waals surface area contributed by atoms with E-state index in [9.17, 15) is 18.8 Å². The molecule has 8 heteroatoms. The van der Waals surface area contributed by atoms with E-state index in [1.54, 1.807) is 11.8 Å². The third-order valence-corrected chi connectivity index (χ3v) is 7.02. The lowest BCUT2D eigenvalue weighted by Gasteiger charge is -2.31. The number of likely N-dealkylation sites (tertiary alicyclic amines) is 1. The lowest BCUT2D eigenvalue weighted by molar-refractivity contribution is -0.145. The molecule has 0 aliphatic carbocycles. The highest BCUT2D eigenvalue weighted by Gasteiger charge is 2.70. The molecular formula is C20H24FN3O3S. The van der Waals surface area contributed by atoms with Crippen molar-refractivity contribution in [1.82, 2.24) is 10.2 Å². The number of hydrogen-bond donors (Lipinski definition) is 2. The molecule has 4 rings (SSSR count). The maximum atomic E-state index is 14.1. The van der Waals surface area contributed by atoms with Gasteiger partial charge in [-0.05, 0) is 50.0 Å². The third-order valence-electron chi connectivity index (χ3n) is 6.38. The average molecular weight is 405 g/mol. The van der Waals surface area contributed by atoms with Crippen molar-refractivity contribution in [2.24, 2.45) is 11.8 Å². The summed E-state index contributed by atoms with van der Waals surface area (Å²) in [6.07, 6.45) is 3.27. The number of hydrogen-bond acceptors (Lipinski definition) is 5. The van der Waals surface area contributed by atoms with E-state index in [1.807, 2.05) is 20.1 Å². The van der Waals surface area contributed by atoms with Gasteiger partial charge in [0.1, 0.15) is 11.4 Å². The van der Waals surface area contributed by atoms with Gasteiger partial charge in [0.25, 0.3) is 0 Å². The largest absolute Gasteiger partial charge is 0.324 e. The Balaban J connectivity index is 1.86. The van der Waals surface area contributed by atoms with E-state index >= 15 is 0 Å². The molecule has 1 aromatic carbocycles. The summed E-state index contributed by atoms with van der Waals surface area (Å²) in [7, 11) is 0. The molecule has 0 saturated carbocycles. The molecule has 2 fully saturated rings. The number of benzene rings is 1. The SMILES string of the molecule is CC[C@@H](C)N1C(=O)[C@H]2[C@@H](C1=O)[C@]1(N[C@@H]2CCSC)C(=O)Nc2ccc(F)cc21. The van der Waals surface area contributed by atoms with Crippen molar-refractivity contribution in [2.75, 3.05) is 17.3 Å². The summed E-state index contributed by atoms with van der Waals surface area (Å²) in [5.41, 5.74) is -0.489. The zero-order valence-electron chi connectivity index (χ0n) is 16.1. The molecule has 3 aliphatic heterocycles. The van der Waals surface area contributed by atoms with Crippen molar-refractivity contribution >= 4 is 35.2 Å². The molecule has 3 heterocycles. The summed E-state index contributed by atoms with van der Waals surface area (Å²) < 4.78 is 14.1. The van der Waals surface area contributed by atoms with Crippen molar-refractivity contribution in [3.63, 3.8) is 0 Å². The predicted octanol–water partition coefficient (Wildman–Crippen LogP) is 2.10. The highest BCUT2D eigenvalue weighted by atomic mass is 32.2. The summed E-state index contributed by atoms with van der Waals surface area (Å²) in [4.78, 5) is 41.1. The molecule has 3 amide bonds. The number of nitrogens with one attached hydrogen (secondary N) is 2. The Hall–Kier alpha value is -1.93. The van der Waals surface area contributed by atoms with Crippen LogP contribution in [0.5, 0.6) is 0 Å². The van der Waals surface area contributed by atoms with Crippen molar-refractivity contribution in [1.29, 1.82) is 0 Å². The first kappa shape index (κ1) is 19.4. The van der Waals surface area contributed by atoms with Crippen LogP contribution in [0, 0.1) is 17.7 Å². The molecule has 0 radical (unpaired) electrons. The normalized spacial score (nSPS) is 32.1. The molecule has 1 spiro atoms. The van der Waals surface area contributed by atoms with Crippen molar-refractivity contribution in [2.45, 2.75) is 44.3 Å². The fourth-order valence-electron chi connectivity index (χ4n) is 4.91. The number of thioether (sulfide) groups is 1. The van der Waals surface area contributed by atoms with Gasteiger partial charge in [0.2, 0.25) is 17.7 Å². The number of anilines is 1. The molecule has 0 unspecified atom stereocenters. The molecule has 0 aromatic heterocycles. The number of rotatable bonds is 5. The van der Waals surface area contributed by atoms with Crippen LogP contribution in [0.25, 0.3) is 0 Å². The number of fused-ring (bicyclic) bond motifs is 4. The molecule has 1 aromatic rings. The van der Waals surface area contributed by atoms with Gasteiger partial charge < -0.3 is 5.32 Å². The Morgan fingerprint density at radius 3 is 2.71 bits per heavy atom. The van der Waals surface area contributed by atoms with Crippen LogP contribution in [0.1, 0.15) is 32.3 Å². The summed E-state index contributed by atoms with van der Waals surface area (Å²) in [6.45, 7) is 3.77. The second kappa shape index (κ2) is 6.84. The maximum Gasteiger partial charge on any atom is 0.250 e. The Morgan fingerprint density at radius 2 is 2.04 bits per heavy atom. The second-order valence-corrected chi connectivity index (χ2v) is 8.78. The smallest absolute Gasteiger partial charge is 0.250 e. The molecule has 2 N–H and O–H groups in total. The first-order valence-electron chi connectivity index (χ1n) is 9.61. The molecule has 5 atom stereocenters. The highest BCUT2D eigenvalue weighted by molar-refractivity contribution is 7.98. The van der Waals surface area contributed by atoms with Gasteiger partial charge in [-0.2, -0.15) is 11.8 Å². The third kappa shape index (κ3) is 2.47. The van der Waals surface area contributed by atoms with Gasteiger partial charge in [-0.3, -0.25) is 24.6 Å². The minimum atomic E-state index is -1.40. The van der Waals surface area contributed by atoms with Gasteiger partial charge in [0.15, 0.2) is 0 Å². The van der Waals surface area contributed by atoms with E-state index in [1.165, 1.54) is 23.1 Å². The number of carbonyl (C=O) groups is 3. The maximum absolute atomic E-state index is 14.1. The Labute approximate surface area is 167 Å². The first-order valence-corrected chi connectivity index (χ1v) is 11.0. The van der Waals surface area contributed by atoms with Gasteiger partial charge in [-0.25, -0.2) is 4.39 Å². The minimum Gasteiger partial charge on any atom is -0.324 e. The molecule has 6 nitrogen and oxygen atoms in total. The van der Waals surface area contributed by atoms with Crippen molar-refractivity contribution in [3.8, 4) is 0 Å². The van der Waals surface area contributed by atoms with Crippen molar-refractivity contribution < 1.29 is 18.8 Å². The van der Waals surface area contributed by atoms with E-state index in [2.05, 4.69) is 10.6 Å². The van der Waals surface area contributed by atoms with Gasteiger partial charge in [0, 0.05) is 23.3 Å². The fourth-order valence-corrected chi connectivity index (χ4v) is 5.40. The number of nitrogens with zero attached hydrogens (tertiary/aromatic N) is 1. The number of carbonyl (C=O) groups excluding carboxylic acids is 3. The van der Waals surface area contributed by atoms with Crippen LogP contribution in [0.2, 0.25) is 0 Å². The average Bonchev–Trinajstić information content (AvgIpc) is 3.25. The minimum absolute atomic E-state index is 0.225. The predicted molar refractivity (Wildman–Crippen MR) is 105 cm³/mol. The standard InChI is InChI=1S/C20H24FN3O3S/c1-4-10(2)24-17(25)15-14(7-8-28-3)23-20(16(15)18(24)26)12-9-11(21)5-6-13(12)22-19(20)27/h5-6,9-10,14-16,23H,4,7-8H2,1-3H3,(H,22,27)/t10-,14-,15-,16+,20+/m1/s1. The summed E-state index contributed by atoms with van der Waals surface area (Å²) in [5, 5.41) is 6.10. The van der Waals surface area contributed by atoms with Crippen LogP contribution in [0.15, 0.2) is 18.2 Å². The first-order chi connectivity index (χ1) is 13.4. The van der Waals surface area contributed by atoms with Gasteiger partial charge in [0.05, 0.1) is 11.8 Å². The molecule has 2 saturated heterocycles. The van der Waals surface area contributed by atoms with E-state index in [-0.39, 0.29) is 29.8 Å². The Morgan fingerprint density at radius 1 is 1.29 bits per heavy atom. The summed E-state index contributed by atoms with van der Waals surface area (Å²) in [5.74, 6) is -2.11. The van der Waals surface area contributed by atoms with Crippen LogP contribution in [0.4, 0.5) is 10.1 Å². The van der Waals surface area contributed by atoms with Crippen molar-refractivity contribution in [3.05, 3.63) is 29.6 Å². The molecule has 3 aliphatic rings. The monoisotopic (exact) mass is 405 g/mol. The fraction of sp³-hybridized carbons (Fsp3) is 0.550. The lowest BCUT2D eigenvalue weighted by Crippen LogP contribution is -2.54. The molecule has 150 valence electrons. The van der Waals surface area contributed by atoms with Crippen LogP contribution in [-0.4, -0.2) is 46.7 Å². The highest BCUT2D eigenvalue weighted by Crippen LogP contribution is 2.53. The lowest BCUT2D eigenvalue weighted by atomic mass is 9.76. The van der Waals surface area contributed by atoms with Crippen LogP contribution in [0.3, 0.4) is 0 Å². The molecule has 0 bridgehead atoms. The topological polar surface area (TPSA) is 78.5 Å². The number of halogens is 1. The summed E-state index contributed by atoms with van der Waals surface area (Å²) in [6, 6.07) is 3.54. The number of imide groups is 1. The van der Waals surface area contributed by atoms with Gasteiger partial charge in [-0.1, -0.05) is 6.92 Å². The number of amides is 3. The van der Waals surface area contributed by atoms with E-state index in [0.717, 1.165) is 5.75 Å². The van der Waals surface area contributed by atoms with Gasteiger partial charge >= 0.3 is 0 Å². The zero-order chi connectivity index (χ0) is 20.2.